The number of nitrogens with one attached hydrogen (secondary N) is 2. The summed E-state index contributed by atoms with van der Waals surface area (Å²) in [5, 5.41) is 7.02. The molecule has 0 radical (unpaired) electrons. The number of esters is 2. The van der Waals surface area contributed by atoms with Gasteiger partial charge in [-0.25, -0.2) is 9.59 Å². The molecule has 156 valence electrons. The Morgan fingerprint density at radius 1 is 0.966 bits per heavy atom. The summed E-state index contributed by atoms with van der Waals surface area (Å²) in [6.45, 7) is 11.7. The summed E-state index contributed by atoms with van der Waals surface area (Å²) >= 11 is 6.59. The Kier molecular flexibility index (Phi) is 7.75. The van der Waals surface area contributed by atoms with E-state index in [1.165, 1.54) is 5.56 Å². The predicted molar refractivity (Wildman–Crippen MR) is 121 cm³/mol. The Balaban J connectivity index is 2.35. The lowest BCUT2D eigenvalue weighted by molar-refractivity contribution is 0.0527. The Morgan fingerprint density at radius 2 is 1.52 bits per heavy atom. The summed E-state index contributed by atoms with van der Waals surface area (Å²) in [5.74, 6) is -0.984. The second-order valence-corrected chi connectivity index (χ2v) is 7.98. The van der Waals surface area contributed by atoms with E-state index in [-0.39, 0.29) is 13.2 Å². The van der Waals surface area contributed by atoms with Crippen LogP contribution in [0.4, 0.5) is 10.7 Å². The van der Waals surface area contributed by atoms with Crippen molar-refractivity contribution in [2.45, 2.75) is 41.5 Å². The lowest BCUT2D eigenvalue weighted by Crippen LogP contribution is -2.21. The molecule has 0 aliphatic rings. The lowest BCUT2D eigenvalue weighted by atomic mass is 10.1. The largest absolute Gasteiger partial charge is 0.462 e. The molecule has 0 saturated heterocycles. The van der Waals surface area contributed by atoms with E-state index < -0.39 is 11.9 Å². The summed E-state index contributed by atoms with van der Waals surface area (Å²) in [6.07, 6.45) is 0. The number of hydrogen-bond acceptors (Lipinski definition) is 6. The molecule has 1 aromatic heterocycles. The first kappa shape index (κ1) is 22.8. The molecule has 0 aliphatic carbocycles. The fourth-order valence-electron chi connectivity index (χ4n) is 3.07. The number of carbonyl (C=O) groups excluding carboxylic acids is 2. The molecule has 0 amide bonds. The van der Waals surface area contributed by atoms with Crippen molar-refractivity contribution in [3.63, 3.8) is 0 Å². The van der Waals surface area contributed by atoms with Gasteiger partial charge in [-0.15, -0.1) is 11.3 Å². The van der Waals surface area contributed by atoms with Crippen LogP contribution in [0.5, 0.6) is 0 Å². The van der Waals surface area contributed by atoms with E-state index in [2.05, 4.69) is 22.8 Å². The third kappa shape index (κ3) is 5.33. The van der Waals surface area contributed by atoms with E-state index >= 15 is 0 Å². The summed E-state index contributed by atoms with van der Waals surface area (Å²) < 4.78 is 10.3. The summed E-state index contributed by atoms with van der Waals surface area (Å²) in [7, 11) is 0. The Morgan fingerprint density at radius 3 is 2.07 bits per heavy atom. The van der Waals surface area contributed by atoms with E-state index in [9.17, 15) is 9.59 Å². The van der Waals surface area contributed by atoms with Crippen LogP contribution < -0.4 is 10.6 Å². The fourth-order valence-corrected chi connectivity index (χ4v) is 4.43. The Labute approximate surface area is 180 Å². The molecule has 2 N–H and O–H groups in total. The number of rotatable bonds is 6. The minimum atomic E-state index is -0.509. The molecule has 0 bridgehead atoms. The number of benzene rings is 1. The number of hydrogen-bond donors (Lipinski definition) is 2. The summed E-state index contributed by atoms with van der Waals surface area (Å²) in [5.41, 5.74) is 5.01. The van der Waals surface area contributed by atoms with Gasteiger partial charge in [-0.2, -0.15) is 0 Å². The second kappa shape index (κ2) is 9.84. The molecule has 29 heavy (non-hydrogen) atoms. The molecule has 0 saturated carbocycles. The second-order valence-electron chi connectivity index (χ2n) is 6.55. The molecular formula is C21H26N2O4S2. The molecule has 1 heterocycles. The van der Waals surface area contributed by atoms with Crippen LogP contribution >= 0.6 is 23.6 Å². The number of anilines is 2. The van der Waals surface area contributed by atoms with E-state index in [1.807, 2.05) is 20.8 Å². The number of aryl methyl sites for hydroxylation is 3. The standard InChI is InChI=1S/C21H26N2O4S2/c1-7-26-19(24)15-14(6)17(20(25)27-8-2)29-18(15)23-21(28)22-16-12(4)9-11(3)10-13(16)5/h9-10H,7-8H2,1-6H3,(H2,22,23,28). The average molecular weight is 435 g/mol. The van der Waals surface area contributed by atoms with Gasteiger partial charge in [0.25, 0.3) is 0 Å². The molecule has 0 fully saturated rings. The van der Waals surface area contributed by atoms with E-state index in [4.69, 9.17) is 21.7 Å². The van der Waals surface area contributed by atoms with Crippen molar-refractivity contribution in [2.75, 3.05) is 23.8 Å². The lowest BCUT2D eigenvalue weighted by Gasteiger charge is -2.15. The maximum Gasteiger partial charge on any atom is 0.348 e. The van der Waals surface area contributed by atoms with Crippen molar-refractivity contribution in [3.8, 4) is 0 Å². The first-order chi connectivity index (χ1) is 13.7. The molecule has 0 unspecified atom stereocenters. The highest BCUT2D eigenvalue weighted by molar-refractivity contribution is 7.80. The smallest absolute Gasteiger partial charge is 0.348 e. The van der Waals surface area contributed by atoms with Gasteiger partial charge in [0.15, 0.2) is 5.11 Å². The minimum Gasteiger partial charge on any atom is -0.462 e. The van der Waals surface area contributed by atoms with Crippen LogP contribution in [0.25, 0.3) is 0 Å². The summed E-state index contributed by atoms with van der Waals surface area (Å²) in [6, 6.07) is 4.13. The van der Waals surface area contributed by atoms with Gasteiger partial charge in [0, 0.05) is 5.69 Å². The van der Waals surface area contributed by atoms with E-state index in [1.54, 1.807) is 20.8 Å². The maximum atomic E-state index is 12.5. The number of ether oxygens (including phenoxy) is 2. The van der Waals surface area contributed by atoms with Crippen LogP contribution in [-0.2, 0) is 9.47 Å². The minimum absolute atomic E-state index is 0.229. The number of thiophene rings is 1. The normalized spacial score (nSPS) is 10.4. The van der Waals surface area contributed by atoms with Crippen molar-refractivity contribution in [3.05, 3.63) is 44.8 Å². The van der Waals surface area contributed by atoms with Gasteiger partial charge in [-0.05, 0) is 70.5 Å². The quantitative estimate of drug-likeness (QED) is 0.481. The zero-order valence-electron chi connectivity index (χ0n) is 17.5. The van der Waals surface area contributed by atoms with Crippen molar-refractivity contribution < 1.29 is 19.1 Å². The van der Waals surface area contributed by atoms with Crippen LogP contribution in [0.3, 0.4) is 0 Å². The van der Waals surface area contributed by atoms with Crippen LogP contribution in [0.15, 0.2) is 12.1 Å². The first-order valence-electron chi connectivity index (χ1n) is 9.33. The average Bonchev–Trinajstić information content (AvgIpc) is 2.94. The number of carbonyl (C=O) groups is 2. The van der Waals surface area contributed by atoms with Crippen LogP contribution in [0.2, 0.25) is 0 Å². The molecule has 8 heteroatoms. The highest BCUT2D eigenvalue weighted by Gasteiger charge is 2.27. The van der Waals surface area contributed by atoms with Gasteiger partial charge < -0.3 is 20.1 Å². The molecule has 2 aromatic rings. The molecule has 0 aliphatic heterocycles. The Hall–Kier alpha value is -2.45. The highest BCUT2D eigenvalue weighted by atomic mass is 32.1. The van der Waals surface area contributed by atoms with Gasteiger partial charge in [0.05, 0.1) is 18.8 Å². The van der Waals surface area contributed by atoms with Crippen LogP contribution in [0, 0.1) is 27.7 Å². The highest BCUT2D eigenvalue weighted by Crippen LogP contribution is 2.34. The van der Waals surface area contributed by atoms with Crippen LogP contribution in [0.1, 0.15) is 56.1 Å². The molecule has 0 spiro atoms. The van der Waals surface area contributed by atoms with E-state index in [0.29, 0.717) is 26.1 Å². The predicted octanol–water partition coefficient (Wildman–Crippen LogP) is 5.14. The zero-order valence-corrected chi connectivity index (χ0v) is 19.2. The van der Waals surface area contributed by atoms with Crippen molar-refractivity contribution in [1.29, 1.82) is 0 Å². The SMILES string of the molecule is CCOC(=O)c1sc(NC(=S)Nc2c(C)cc(C)cc2C)c(C(=O)OCC)c1C. The van der Waals surface area contributed by atoms with Crippen molar-refractivity contribution in [1.82, 2.24) is 0 Å². The molecule has 6 nitrogen and oxygen atoms in total. The first-order valence-corrected chi connectivity index (χ1v) is 10.5. The molecular weight excluding hydrogens is 408 g/mol. The van der Waals surface area contributed by atoms with Gasteiger partial charge >= 0.3 is 11.9 Å². The van der Waals surface area contributed by atoms with Gasteiger partial charge in [-0.3, -0.25) is 0 Å². The molecule has 0 atom stereocenters. The van der Waals surface area contributed by atoms with Gasteiger partial charge in [0.1, 0.15) is 9.88 Å². The Bertz CT molecular complexity index is 927. The van der Waals surface area contributed by atoms with E-state index in [0.717, 1.165) is 28.2 Å². The maximum absolute atomic E-state index is 12.5. The van der Waals surface area contributed by atoms with Gasteiger partial charge in [0.2, 0.25) is 0 Å². The van der Waals surface area contributed by atoms with Crippen LogP contribution in [-0.4, -0.2) is 30.3 Å². The number of thiocarbonyl (C=S) groups is 1. The third-order valence-electron chi connectivity index (χ3n) is 4.23. The zero-order chi connectivity index (χ0) is 21.7. The monoisotopic (exact) mass is 434 g/mol. The third-order valence-corrected chi connectivity index (χ3v) is 5.62. The summed E-state index contributed by atoms with van der Waals surface area (Å²) in [4.78, 5) is 25.1. The topological polar surface area (TPSA) is 76.7 Å². The molecule has 1 aromatic carbocycles. The van der Waals surface area contributed by atoms with Gasteiger partial charge in [-0.1, -0.05) is 17.7 Å². The fraction of sp³-hybridized carbons (Fsp3) is 0.381. The van der Waals surface area contributed by atoms with Crippen molar-refractivity contribution >= 4 is 51.3 Å². The van der Waals surface area contributed by atoms with Crippen molar-refractivity contribution in [2.24, 2.45) is 0 Å². The molecule has 2 rings (SSSR count).